The molecular formula is C15H13BrFNOS. The first kappa shape index (κ1) is 13.8. The molecule has 0 saturated heterocycles. The van der Waals surface area contributed by atoms with Gasteiger partial charge in [0, 0.05) is 10.6 Å². The van der Waals surface area contributed by atoms with Gasteiger partial charge < -0.3 is 5.32 Å². The predicted octanol–water partition coefficient (Wildman–Crippen LogP) is 4.70. The largest absolute Gasteiger partial charge is 0.321 e. The van der Waals surface area contributed by atoms with Crippen LogP contribution in [0.15, 0.2) is 22.7 Å². The molecule has 2 aromatic rings. The Labute approximate surface area is 129 Å². The van der Waals surface area contributed by atoms with Gasteiger partial charge in [0.2, 0.25) is 0 Å². The molecule has 0 spiro atoms. The fraction of sp³-hybridized carbons (Fsp3) is 0.267. The Kier molecular flexibility index (Phi) is 3.65. The second-order valence-corrected chi connectivity index (χ2v) is 6.94. The van der Waals surface area contributed by atoms with Gasteiger partial charge in [0.05, 0.1) is 9.35 Å². The van der Waals surface area contributed by atoms with Crippen molar-refractivity contribution in [2.75, 3.05) is 5.32 Å². The zero-order valence-corrected chi connectivity index (χ0v) is 13.3. The van der Waals surface area contributed by atoms with E-state index in [4.69, 9.17) is 0 Å². The van der Waals surface area contributed by atoms with Crippen molar-refractivity contribution < 1.29 is 9.18 Å². The number of rotatable bonds is 2. The van der Waals surface area contributed by atoms with E-state index < -0.39 is 0 Å². The Hall–Kier alpha value is -1.20. The first-order valence-electron chi connectivity index (χ1n) is 6.43. The van der Waals surface area contributed by atoms with Crippen LogP contribution in [-0.4, -0.2) is 5.91 Å². The summed E-state index contributed by atoms with van der Waals surface area (Å²) in [5, 5.41) is 2.79. The SMILES string of the molecule is Cc1cc(Br)c(F)cc1NC(=O)c1cc2c(s1)CCC2. The fourth-order valence-corrected chi connectivity index (χ4v) is 4.01. The summed E-state index contributed by atoms with van der Waals surface area (Å²) in [6.45, 7) is 1.84. The summed E-state index contributed by atoms with van der Waals surface area (Å²) in [5.74, 6) is -0.534. The summed E-state index contributed by atoms with van der Waals surface area (Å²) in [6, 6.07) is 4.98. The molecule has 0 unspecified atom stereocenters. The van der Waals surface area contributed by atoms with Crippen molar-refractivity contribution in [2.24, 2.45) is 0 Å². The number of halogens is 2. The van der Waals surface area contributed by atoms with E-state index in [0.717, 1.165) is 18.4 Å². The van der Waals surface area contributed by atoms with Gasteiger partial charge >= 0.3 is 0 Å². The molecule has 2 nitrogen and oxygen atoms in total. The second kappa shape index (κ2) is 5.30. The summed E-state index contributed by atoms with van der Waals surface area (Å²) in [6.07, 6.45) is 3.31. The molecule has 1 aromatic heterocycles. The molecule has 1 heterocycles. The van der Waals surface area contributed by atoms with Gasteiger partial charge in [-0.25, -0.2) is 4.39 Å². The van der Waals surface area contributed by atoms with Gasteiger partial charge in [-0.2, -0.15) is 0 Å². The van der Waals surface area contributed by atoms with Crippen molar-refractivity contribution in [3.05, 3.63) is 49.4 Å². The Morgan fingerprint density at radius 2 is 2.15 bits per heavy atom. The number of benzene rings is 1. The summed E-state index contributed by atoms with van der Waals surface area (Å²) >= 11 is 4.68. The summed E-state index contributed by atoms with van der Waals surface area (Å²) in [4.78, 5) is 14.3. The van der Waals surface area contributed by atoms with Gasteiger partial charge in [-0.3, -0.25) is 4.79 Å². The molecule has 1 aromatic carbocycles. The molecule has 1 aliphatic rings. The maximum Gasteiger partial charge on any atom is 0.265 e. The molecular weight excluding hydrogens is 341 g/mol. The van der Waals surface area contributed by atoms with Gasteiger partial charge in [-0.1, -0.05) is 0 Å². The van der Waals surface area contributed by atoms with Crippen LogP contribution in [0.1, 0.15) is 32.1 Å². The van der Waals surface area contributed by atoms with Crippen LogP contribution < -0.4 is 5.32 Å². The van der Waals surface area contributed by atoms with Gasteiger partial charge in [0.25, 0.3) is 5.91 Å². The molecule has 0 saturated carbocycles. The first-order chi connectivity index (χ1) is 9.54. The smallest absolute Gasteiger partial charge is 0.265 e. The fourth-order valence-electron chi connectivity index (χ4n) is 2.41. The number of nitrogens with one attached hydrogen (secondary N) is 1. The van der Waals surface area contributed by atoms with Crippen molar-refractivity contribution in [3.8, 4) is 0 Å². The zero-order chi connectivity index (χ0) is 14.3. The lowest BCUT2D eigenvalue weighted by Crippen LogP contribution is -2.11. The average Bonchev–Trinajstić information content (AvgIpc) is 2.96. The number of hydrogen-bond donors (Lipinski definition) is 1. The number of amides is 1. The highest BCUT2D eigenvalue weighted by Gasteiger charge is 2.19. The Morgan fingerprint density at radius 3 is 2.90 bits per heavy atom. The number of carbonyl (C=O) groups is 1. The van der Waals surface area contributed by atoms with E-state index >= 15 is 0 Å². The maximum absolute atomic E-state index is 13.5. The van der Waals surface area contributed by atoms with Crippen LogP contribution in [0.2, 0.25) is 0 Å². The van der Waals surface area contributed by atoms with Crippen molar-refractivity contribution in [1.82, 2.24) is 0 Å². The lowest BCUT2D eigenvalue weighted by molar-refractivity contribution is 0.103. The molecule has 1 aliphatic carbocycles. The van der Waals surface area contributed by atoms with Crippen LogP contribution in [0, 0.1) is 12.7 Å². The molecule has 20 heavy (non-hydrogen) atoms. The molecule has 0 fully saturated rings. The minimum Gasteiger partial charge on any atom is -0.321 e. The molecule has 0 aliphatic heterocycles. The van der Waals surface area contributed by atoms with Crippen LogP contribution in [0.5, 0.6) is 0 Å². The van der Waals surface area contributed by atoms with Gasteiger partial charge in [-0.15, -0.1) is 11.3 Å². The minimum atomic E-state index is -0.375. The van der Waals surface area contributed by atoms with Gasteiger partial charge in [0.15, 0.2) is 0 Å². The van der Waals surface area contributed by atoms with Gasteiger partial charge in [0.1, 0.15) is 5.82 Å². The molecule has 0 bridgehead atoms. The standard InChI is InChI=1S/C15H13BrFNOS/c1-8-5-10(16)11(17)7-12(8)18-15(19)14-6-9-3-2-4-13(9)20-14/h5-7H,2-4H2,1H3,(H,18,19). The first-order valence-corrected chi connectivity index (χ1v) is 8.04. The molecule has 104 valence electrons. The number of aryl methyl sites for hydroxylation is 3. The van der Waals surface area contributed by atoms with Crippen LogP contribution >= 0.6 is 27.3 Å². The third kappa shape index (κ3) is 2.52. The molecule has 5 heteroatoms. The van der Waals surface area contributed by atoms with E-state index in [1.807, 2.05) is 13.0 Å². The Balaban J connectivity index is 1.83. The third-order valence-corrected chi connectivity index (χ3v) is 5.33. The van der Waals surface area contributed by atoms with Crippen molar-refractivity contribution in [2.45, 2.75) is 26.2 Å². The van der Waals surface area contributed by atoms with Crippen LogP contribution in [0.3, 0.4) is 0 Å². The second-order valence-electron chi connectivity index (χ2n) is 4.95. The van der Waals surface area contributed by atoms with E-state index in [1.165, 1.54) is 22.9 Å². The van der Waals surface area contributed by atoms with Crippen LogP contribution in [0.4, 0.5) is 10.1 Å². The van der Waals surface area contributed by atoms with Gasteiger partial charge in [-0.05, 0) is 71.4 Å². The van der Waals surface area contributed by atoms with Crippen molar-refractivity contribution in [3.63, 3.8) is 0 Å². The monoisotopic (exact) mass is 353 g/mol. The van der Waals surface area contributed by atoms with E-state index in [-0.39, 0.29) is 11.7 Å². The third-order valence-electron chi connectivity index (χ3n) is 3.49. The summed E-state index contributed by atoms with van der Waals surface area (Å²) in [5.41, 5.74) is 2.64. The number of carbonyl (C=O) groups excluding carboxylic acids is 1. The minimum absolute atomic E-state index is 0.158. The van der Waals surface area contributed by atoms with Crippen LogP contribution in [-0.2, 0) is 12.8 Å². The lowest BCUT2D eigenvalue weighted by Gasteiger charge is -2.08. The van der Waals surface area contributed by atoms with Crippen LogP contribution in [0.25, 0.3) is 0 Å². The van der Waals surface area contributed by atoms with Crippen molar-refractivity contribution >= 4 is 38.9 Å². The highest BCUT2D eigenvalue weighted by Crippen LogP contribution is 2.31. The predicted molar refractivity (Wildman–Crippen MR) is 83.1 cm³/mol. The molecule has 0 atom stereocenters. The van der Waals surface area contributed by atoms with E-state index in [9.17, 15) is 9.18 Å². The number of hydrogen-bond acceptors (Lipinski definition) is 2. The topological polar surface area (TPSA) is 29.1 Å². The maximum atomic E-state index is 13.5. The number of anilines is 1. The van der Waals surface area contributed by atoms with E-state index in [0.29, 0.717) is 15.0 Å². The molecule has 1 amide bonds. The molecule has 1 N–H and O–H groups in total. The highest BCUT2D eigenvalue weighted by atomic mass is 79.9. The Morgan fingerprint density at radius 1 is 1.35 bits per heavy atom. The summed E-state index contributed by atoms with van der Waals surface area (Å²) in [7, 11) is 0. The normalized spacial score (nSPS) is 13.3. The Bertz CT molecular complexity index is 674. The van der Waals surface area contributed by atoms with E-state index in [2.05, 4.69) is 21.2 Å². The van der Waals surface area contributed by atoms with Crippen molar-refractivity contribution in [1.29, 1.82) is 0 Å². The summed E-state index contributed by atoms with van der Waals surface area (Å²) < 4.78 is 14.0. The zero-order valence-electron chi connectivity index (χ0n) is 10.9. The molecule has 3 rings (SSSR count). The quantitative estimate of drug-likeness (QED) is 0.832. The molecule has 0 radical (unpaired) electrons. The number of thiophene rings is 1. The highest BCUT2D eigenvalue weighted by molar-refractivity contribution is 9.10. The number of fused-ring (bicyclic) bond motifs is 1. The van der Waals surface area contributed by atoms with E-state index in [1.54, 1.807) is 17.4 Å². The lowest BCUT2D eigenvalue weighted by atomic mass is 10.2. The average molecular weight is 354 g/mol.